The van der Waals surface area contributed by atoms with Crippen molar-refractivity contribution in [3.8, 4) is 5.75 Å². The van der Waals surface area contributed by atoms with Crippen LogP contribution in [0.25, 0.3) is 0 Å². The highest BCUT2D eigenvalue weighted by Gasteiger charge is 2.13. The second kappa shape index (κ2) is 11.0. The molecule has 11 heteroatoms. The van der Waals surface area contributed by atoms with E-state index < -0.39 is 5.82 Å². The van der Waals surface area contributed by atoms with E-state index in [-0.39, 0.29) is 22.6 Å². The van der Waals surface area contributed by atoms with E-state index in [9.17, 15) is 14.0 Å². The molecule has 0 spiro atoms. The van der Waals surface area contributed by atoms with Gasteiger partial charge in [-0.05, 0) is 42.5 Å². The number of carbonyl (C=O) groups is 2. The average Bonchev–Trinajstić information content (AvgIpc) is 3.14. The van der Waals surface area contributed by atoms with E-state index in [1.807, 2.05) is 0 Å². The van der Waals surface area contributed by atoms with Gasteiger partial charge in [-0.3, -0.25) is 9.59 Å². The number of nitrogens with one attached hydrogen (secondary N) is 2. The lowest BCUT2D eigenvalue weighted by molar-refractivity contribution is -0.113. The number of aromatic nitrogens is 3. The lowest BCUT2D eigenvalue weighted by Gasteiger charge is -2.07. The number of rotatable bonds is 9. The molecule has 0 saturated heterocycles. The summed E-state index contributed by atoms with van der Waals surface area (Å²) in [5.41, 5.74) is 0.946. The van der Waals surface area contributed by atoms with Crippen LogP contribution in [0.5, 0.6) is 5.75 Å². The van der Waals surface area contributed by atoms with E-state index in [1.165, 1.54) is 30.0 Å². The van der Waals surface area contributed by atoms with Crippen molar-refractivity contribution in [1.82, 2.24) is 20.1 Å². The molecule has 3 rings (SSSR count). The van der Waals surface area contributed by atoms with Crippen LogP contribution in [0.2, 0.25) is 5.02 Å². The number of benzene rings is 2. The summed E-state index contributed by atoms with van der Waals surface area (Å²) in [4.78, 5) is 24.4. The second-order valence-corrected chi connectivity index (χ2v) is 8.01. The van der Waals surface area contributed by atoms with Crippen molar-refractivity contribution in [3.05, 3.63) is 64.7 Å². The van der Waals surface area contributed by atoms with Crippen molar-refractivity contribution in [3.63, 3.8) is 0 Å². The first-order valence-corrected chi connectivity index (χ1v) is 10.9. The minimum atomic E-state index is -0.550. The second-order valence-electron chi connectivity index (χ2n) is 6.66. The Labute approximate surface area is 193 Å². The SMILES string of the molecule is COc1ccc(C(=O)NCCc2nnc(SCC(=O)Nc3ccc(F)c(Cl)c3)n2C)cc1. The molecule has 8 nitrogen and oxygen atoms in total. The van der Waals surface area contributed by atoms with Crippen LogP contribution in [-0.2, 0) is 18.3 Å². The minimum Gasteiger partial charge on any atom is -0.497 e. The number of thioether (sulfide) groups is 1. The van der Waals surface area contributed by atoms with Gasteiger partial charge >= 0.3 is 0 Å². The monoisotopic (exact) mass is 477 g/mol. The van der Waals surface area contributed by atoms with E-state index in [0.717, 1.165) is 0 Å². The fourth-order valence-corrected chi connectivity index (χ4v) is 3.63. The van der Waals surface area contributed by atoms with Gasteiger partial charge in [0.05, 0.1) is 17.9 Å². The molecule has 0 unspecified atom stereocenters. The summed E-state index contributed by atoms with van der Waals surface area (Å²) in [6, 6.07) is 10.8. The molecule has 0 aliphatic carbocycles. The van der Waals surface area contributed by atoms with Crippen LogP contribution in [0.15, 0.2) is 47.6 Å². The maximum Gasteiger partial charge on any atom is 0.251 e. The number of anilines is 1. The van der Waals surface area contributed by atoms with Gasteiger partial charge in [-0.15, -0.1) is 10.2 Å². The highest BCUT2D eigenvalue weighted by atomic mass is 35.5. The number of hydrogen-bond acceptors (Lipinski definition) is 6. The number of amides is 2. The minimum absolute atomic E-state index is 0.0625. The fraction of sp³-hybridized carbons (Fsp3) is 0.238. The summed E-state index contributed by atoms with van der Waals surface area (Å²) in [5.74, 6) is 0.422. The van der Waals surface area contributed by atoms with Gasteiger partial charge < -0.3 is 19.9 Å². The molecule has 0 aliphatic heterocycles. The summed E-state index contributed by atoms with van der Waals surface area (Å²) in [5, 5.41) is 14.2. The van der Waals surface area contributed by atoms with Crippen molar-refractivity contribution in [2.75, 3.05) is 24.7 Å². The molecular weight excluding hydrogens is 457 g/mol. The van der Waals surface area contributed by atoms with E-state index in [0.29, 0.717) is 40.9 Å². The summed E-state index contributed by atoms with van der Waals surface area (Å²) < 4.78 is 20.1. The smallest absolute Gasteiger partial charge is 0.251 e. The maximum absolute atomic E-state index is 13.2. The Morgan fingerprint density at radius 2 is 1.94 bits per heavy atom. The molecule has 2 aromatic carbocycles. The van der Waals surface area contributed by atoms with Crippen LogP contribution in [0.3, 0.4) is 0 Å². The van der Waals surface area contributed by atoms with Crippen molar-refractivity contribution < 1.29 is 18.7 Å². The third kappa shape index (κ3) is 6.21. The predicted molar refractivity (Wildman–Crippen MR) is 121 cm³/mol. The highest BCUT2D eigenvalue weighted by molar-refractivity contribution is 7.99. The molecule has 2 N–H and O–H groups in total. The molecule has 0 radical (unpaired) electrons. The number of carbonyl (C=O) groups excluding carboxylic acids is 2. The Morgan fingerprint density at radius 3 is 2.62 bits per heavy atom. The normalized spacial score (nSPS) is 10.6. The van der Waals surface area contributed by atoms with Gasteiger partial charge in [0, 0.05) is 31.3 Å². The first-order valence-electron chi connectivity index (χ1n) is 9.55. The summed E-state index contributed by atoms with van der Waals surface area (Å²) in [6.07, 6.45) is 0.478. The van der Waals surface area contributed by atoms with Crippen molar-refractivity contribution in [2.24, 2.45) is 7.05 Å². The van der Waals surface area contributed by atoms with Crippen molar-refractivity contribution >= 4 is 40.9 Å². The first kappa shape index (κ1) is 23.6. The van der Waals surface area contributed by atoms with Crippen LogP contribution in [0, 0.1) is 5.82 Å². The van der Waals surface area contributed by atoms with Crippen molar-refractivity contribution in [1.29, 1.82) is 0 Å². The number of hydrogen-bond donors (Lipinski definition) is 2. The lowest BCUT2D eigenvalue weighted by Crippen LogP contribution is -2.26. The highest BCUT2D eigenvalue weighted by Crippen LogP contribution is 2.20. The average molecular weight is 478 g/mol. The lowest BCUT2D eigenvalue weighted by atomic mass is 10.2. The number of ether oxygens (including phenoxy) is 1. The standard InChI is InChI=1S/C21H21ClFN5O3S/c1-28-18(9-10-24-20(30)13-3-6-15(31-2)7-4-13)26-27-21(28)32-12-19(29)25-14-5-8-17(23)16(22)11-14/h3-8,11H,9-10,12H2,1-2H3,(H,24,30)(H,25,29). The zero-order valence-corrected chi connectivity index (χ0v) is 19.0. The molecule has 168 valence electrons. The summed E-state index contributed by atoms with van der Waals surface area (Å²) >= 11 is 6.93. The molecule has 0 bridgehead atoms. The number of methoxy groups -OCH3 is 1. The van der Waals surface area contributed by atoms with Gasteiger partial charge in [0.25, 0.3) is 5.91 Å². The van der Waals surface area contributed by atoms with Gasteiger partial charge in [-0.1, -0.05) is 23.4 Å². The number of nitrogens with zero attached hydrogens (tertiary/aromatic N) is 3. The first-order chi connectivity index (χ1) is 15.4. The molecule has 1 aromatic heterocycles. The predicted octanol–water partition coefficient (Wildman–Crippen LogP) is 3.32. The molecule has 0 aliphatic rings. The van der Waals surface area contributed by atoms with Crippen LogP contribution < -0.4 is 15.4 Å². The van der Waals surface area contributed by atoms with Gasteiger partial charge in [0.2, 0.25) is 5.91 Å². The van der Waals surface area contributed by atoms with Crippen LogP contribution >= 0.6 is 23.4 Å². The van der Waals surface area contributed by atoms with Gasteiger partial charge in [-0.25, -0.2) is 4.39 Å². The van der Waals surface area contributed by atoms with Gasteiger partial charge in [0.15, 0.2) is 5.16 Å². The van der Waals surface area contributed by atoms with Crippen molar-refractivity contribution in [2.45, 2.75) is 11.6 Å². The molecule has 2 amide bonds. The Bertz CT molecular complexity index is 1110. The fourth-order valence-electron chi connectivity index (χ4n) is 2.72. The third-order valence-electron chi connectivity index (χ3n) is 4.45. The van der Waals surface area contributed by atoms with Crippen LogP contribution in [0.1, 0.15) is 16.2 Å². The molecule has 32 heavy (non-hydrogen) atoms. The largest absolute Gasteiger partial charge is 0.497 e. The summed E-state index contributed by atoms with van der Waals surface area (Å²) in [7, 11) is 3.36. The molecular formula is C21H21ClFN5O3S. The zero-order valence-electron chi connectivity index (χ0n) is 17.4. The Balaban J connectivity index is 1.46. The Morgan fingerprint density at radius 1 is 1.19 bits per heavy atom. The van der Waals surface area contributed by atoms with E-state index >= 15 is 0 Å². The third-order valence-corrected chi connectivity index (χ3v) is 5.76. The molecule has 0 saturated carbocycles. The Hall–Kier alpha value is -3.11. The zero-order chi connectivity index (χ0) is 23.1. The maximum atomic E-state index is 13.2. The molecule has 1 heterocycles. The summed E-state index contributed by atoms with van der Waals surface area (Å²) in [6.45, 7) is 0.382. The molecule has 3 aromatic rings. The molecule has 0 fully saturated rings. The van der Waals surface area contributed by atoms with Gasteiger partial charge in [-0.2, -0.15) is 0 Å². The topological polar surface area (TPSA) is 98.1 Å². The quantitative estimate of drug-likeness (QED) is 0.459. The van der Waals surface area contributed by atoms with Gasteiger partial charge in [0.1, 0.15) is 17.4 Å². The van der Waals surface area contributed by atoms with E-state index in [2.05, 4.69) is 20.8 Å². The van der Waals surface area contributed by atoms with Crippen LogP contribution in [-0.4, -0.2) is 46.0 Å². The number of halogens is 2. The van der Waals surface area contributed by atoms with E-state index in [1.54, 1.807) is 43.0 Å². The molecule has 0 atom stereocenters. The Kier molecular flexibility index (Phi) is 8.07. The van der Waals surface area contributed by atoms with E-state index in [4.69, 9.17) is 16.3 Å². The van der Waals surface area contributed by atoms with Crippen LogP contribution in [0.4, 0.5) is 10.1 Å².